The monoisotopic (exact) mass is 353 g/mol. The van der Waals surface area contributed by atoms with Gasteiger partial charge in [-0.3, -0.25) is 0 Å². The zero-order valence-corrected chi connectivity index (χ0v) is 12.5. The molecule has 9 heteroatoms. The fraction of sp³-hybridized carbons (Fsp3) is 0.538. The molecule has 0 radical (unpaired) electrons. The Labute approximate surface area is 129 Å². The molecule has 0 saturated carbocycles. The number of hydrogen-bond donors (Lipinski definition) is 1. The van der Waals surface area contributed by atoms with Gasteiger partial charge in [0, 0.05) is 11.6 Å². The van der Waals surface area contributed by atoms with Gasteiger partial charge in [-0.05, 0) is 18.1 Å². The van der Waals surface area contributed by atoms with Crippen molar-refractivity contribution in [2.45, 2.75) is 38.7 Å². The molecule has 128 valence electrons. The third-order valence-corrected chi connectivity index (χ3v) is 3.35. The first-order chi connectivity index (χ1) is 9.39. The summed E-state index contributed by atoms with van der Waals surface area (Å²) in [5.41, 5.74) is 1.29. The lowest BCUT2D eigenvalue weighted by Gasteiger charge is -2.24. The van der Waals surface area contributed by atoms with E-state index < -0.39 is 46.8 Å². The van der Waals surface area contributed by atoms with Crippen molar-refractivity contribution >= 4 is 12.4 Å². The van der Waals surface area contributed by atoms with E-state index in [1.807, 2.05) is 0 Å². The average Bonchev–Trinajstić information content (AvgIpc) is 2.33. The Bertz CT molecular complexity index is 510. The van der Waals surface area contributed by atoms with Crippen molar-refractivity contribution in [2.75, 3.05) is 0 Å². The highest BCUT2D eigenvalue weighted by molar-refractivity contribution is 5.85. The molecule has 0 fully saturated rings. The molecule has 0 heterocycles. The first-order valence-corrected chi connectivity index (χ1v) is 6.13. The summed E-state index contributed by atoms with van der Waals surface area (Å²) in [5.74, 6) is -2.11. The molecule has 1 aromatic carbocycles. The molecule has 0 aliphatic heterocycles. The van der Waals surface area contributed by atoms with Gasteiger partial charge >= 0.3 is 12.4 Å². The molecular weight excluding hydrogens is 339 g/mol. The van der Waals surface area contributed by atoms with Gasteiger partial charge in [0.15, 0.2) is 0 Å². The Kier molecular flexibility index (Phi) is 6.71. The minimum atomic E-state index is -5.12. The third-order valence-electron chi connectivity index (χ3n) is 3.35. The molecule has 0 aliphatic rings. The highest BCUT2D eigenvalue weighted by atomic mass is 35.5. The van der Waals surface area contributed by atoms with E-state index in [2.05, 4.69) is 0 Å². The van der Waals surface area contributed by atoms with Crippen LogP contribution in [0.3, 0.4) is 0 Å². The van der Waals surface area contributed by atoms with E-state index in [1.165, 1.54) is 6.92 Å². The van der Waals surface area contributed by atoms with E-state index in [0.717, 1.165) is 0 Å². The minimum absolute atomic E-state index is 0. The lowest BCUT2D eigenvalue weighted by molar-refractivity contribution is -0.144. The van der Waals surface area contributed by atoms with Crippen molar-refractivity contribution in [3.63, 3.8) is 0 Å². The molecule has 0 saturated heterocycles. The van der Waals surface area contributed by atoms with Gasteiger partial charge in [0.05, 0.1) is 11.1 Å². The maximum atomic E-state index is 13.8. The maximum Gasteiger partial charge on any atom is 0.416 e. The Hall–Kier alpha value is -1.02. The first-order valence-electron chi connectivity index (χ1n) is 6.13. The molecule has 0 bridgehead atoms. The summed E-state index contributed by atoms with van der Waals surface area (Å²) in [5, 5.41) is 0. The topological polar surface area (TPSA) is 26.0 Å². The molecule has 2 atom stereocenters. The van der Waals surface area contributed by atoms with E-state index in [4.69, 9.17) is 5.73 Å². The lowest BCUT2D eigenvalue weighted by Crippen LogP contribution is -2.25. The van der Waals surface area contributed by atoms with Crippen molar-refractivity contribution in [3.05, 3.63) is 34.6 Å². The summed E-state index contributed by atoms with van der Waals surface area (Å²) in [6.07, 6.45) is -9.83. The van der Waals surface area contributed by atoms with E-state index in [-0.39, 0.29) is 24.5 Å². The van der Waals surface area contributed by atoms with Gasteiger partial charge in [-0.25, -0.2) is 4.39 Å². The van der Waals surface area contributed by atoms with Crippen LogP contribution in [0.2, 0.25) is 0 Å². The van der Waals surface area contributed by atoms with Crippen LogP contribution < -0.4 is 5.73 Å². The number of nitrogens with two attached hydrogens (primary N) is 1. The molecule has 1 rings (SSSR count). The van der Waals surface area contributed by atoms with E-state index in [9.17, 15) is 30.7 Å². The predicted octanol–water partition coefficient (Wildman–Crippen LogP) is 5.33. The highest BCUT2D eigenvalue weighted by Crippen LogP contribution is 2.41. The first kappa shape index (κ1) is 21.0. The molecule has 1 aromatic rings. The second-order valence-corrected chi connectivity index (χ2v) is 4.83. The standard InChI is InChI=1S/C13H14F7N.ClH/c1-3-6(2)11(21)10-8(13(18,19)20)4-7(5-9(10)14)12(15,16)17;/h4-6,11H,3,21H2,1-2H3;1H/t6?,11-;/m0./s1. The van der Waals surface area contributed by atoms with Crippen LogP contribution in [0.15, 0.2) is 12.1 Å². The summed E-state index contributed by atoms with van der Waals surface area (Å²) in [4.78, 5) is 0. The van der Waals surface area contributed by atoms with Gasteiger partial charge in [0.2, 0.25) is 0 Å². The Morgan fingerprint density at radius 3 is 1.91 bits per heavy atom. The van der Waals surface area contributed by atoms with E-state index in [0.29, 0.717) is 6.42 Å². The minimum Gasteiger partial charge on any atom is -0.324 e. The zero-order chi connectivity index (χ0) is 16.6. The van der Waals surface area contributed by atoms with Crippen molar-refractivity contribution in [1.82, 2.24) is 0 Å². The number of rotatable bonds is 3. The van der Waals surface area contributed by atoms with Crippen LogP contribution in [0.1, 0.15) is 43.0 Å². The Morgan fingerprint density at radius 2 is 1.55 bits per heavy atom. The quantitative estimate of drug-likeness (QED) is 0.730. The predicted molar refractivity (Wildman–Crippen MR) is 70.0 cm³/mol. The molecule has 22 heavy (non-hydrogen) atoms. The van der Waals surface area contributed by atoms with Gasteiger partial charge in [0.25, 0.3) is 0 Å². The normalized spacial score (nSPS) is 15.2. The average molecular weight is 354 g/mol. The van der Waals surface area contributed by atoms with Gasteiger partial charge in [0.1, 0.15) is 5.82 Å². The Balaban J connectivity index is 0.00000441. The fourth-order valence-electron chi connectivity index (χ4n) is 1.89. The van der Waals surface area contributed by atoms with Crippen molar-refractivity contribution in [2.24, 2.45) is 11.7 Å². The van der Waals surface area contributed by atoms with Crippen LogP contribution >= 0.6 is 12.4 Å². The molecule has 0 aromatic heterocycles. The number of benzene rings is 1. The van der Waals surface area contributed by atoms with Crippen molar-refractivity contribution < 1.29 is 30.7 Å². The van der Waals surface area contributed by atoms with Crippen molar-refractivity contribution in [1.29, 1.82) is 0 Å². The molecule has 1 nitrogen and oxygen atoms in total. The molecule has 0 amide bonds. The van der Waals surface area contributed by atoms with Gasteiger partial charge in [-0.15, -0.1) is 12.4 Å². The summed E-state index contributed by atoms with van der Waals surface area (Å²) >= 11 is 0. The molecule has 0 spiro atoms. The highest BCUT2D eigenvalue weighted by Gasteiger charge is 2.41. The van der Waals surface area contributed by atoms with E-state index >= 15 is 0 Å². The maximum absolute atomic E-state index is 13.8. The SMILES string of the molecule is CCC(C)[C@H](N)c1c(F)cc(C(F)(F)F)cc1C(F)(F)F.Cl. The fourth-order valence-corrected chi connectivity index (χ4v) is 1.89. The largest absolute Gasteiger partial charge is 0.416 e. The second-order valence-electron chi connectivity index (χ2n) is 4.83. The summed E-state index contributed by atoms with van der Waals surface area (Å²) in [6, 6.07) is -1.39. The lowest BCUT2D eigenvalue weighted by atomic mass is 9.88. The summed E-state index contributed by atoms with van der Waals surface area (Å²) in [7, 11) is 0. The molecule has 1 unspecified atom stereocenters. The third kappa shape index (κ3) is 4.49. The molecule has 2 N–H and O–H groups in total. The Morgan fingerprint density at radius 1 is 1.05 bits per heavy atom. The van der Waals surface area contributed by atoms with Crippen LogP contribution in [0, 0.1) is 11.7 Å². The second kappa shape index (κ2) is 7.04. The zero-order valence-electron chi connectivity index (χ0n) is 11.6. The number of hydrogen-bond acceptors (Lipinski definition) is 1. The summed E-state index contributed by atoms with van der Waals surface area (Å²) < 4.78 is 90.2. The van der Waals surface area contributed by atoms with Gasteiger partial charge < -0.3 is 5.73 Å². The van der Waals surface area contributed by atoms with Crippen LogP contribution in [0.25, 0.3) is 0 Å². The van der Waals surface area contributed by atoms with Crippen molar-refractivity contribution in [3.8, 4) is 0 Å². The number of alkyl halides is 6. The van der Waals surface area contributed by atoms with Gasteiger partial charge in [-0.1, -0.05) is 20.3 Å². The van der Waals surface area contributed by atoms with Crippen LogP contribution in [-0.2, 0) is 12.4 Å². The molecule has 0 aliphatic carbocycles. The van der Waals surface area contributed by atoms with Crippen LogP contribution in [0.4, 0.5) is 30.7 Å². The van der Waals surface area contributed by atoms with Gasteiger partial charge in [-0.2, -0.15) is 26.3 Å². The number of halogens is 8. The van der Waals surface area contributed by atoms with Crippen LogP contribution in [-0.4, -0.2) is 0 Å². The molecular formula is C13H15ClF7N. The van der Waals surface area contributed by atoms with E-state index in [1.54, 1.807) is 6.92 Å². The summed E-state index contributed by atoms with van der Waals surface area (Å²) in [6.45, 7) is 3.14. The van der Waals surface area contributed by atoms with Crippen LogP contribution in [0.5, 0.6) is 0 Å². The smallest absolute Gasteiger partial charge is 0.324 e.